The highest BCUT2D eigenvalue weighted by Crippen LogP contribution is 2.11. The van der Waals surface area contributed by atoms with Crippen LogP contribution in [0.15, 0.2) is 36.5 Å². The number of hydrogen-bond acceptors (Lipinski definition) is 0. The van der Waals surface area contributed by atoms with E-state index in [-0.39, 0.29) is 24.0 Å². The third-order valence-corrected chi connectivity index (χ3v) is 4.38. The molecule has 0 aromatic rings. The van der Waals surface area contributed by atoms with Crippen LogP contribution < -0.4 is 24.0 Å². The first kappa shape index (κ1) is 26.1. The summed E-state index contributed by atoms with van der Waals surface area (Å²) in [6.45, 7) is 6.74. The van der Waals surface area contributed by atoms with Crippen molar-refractivity contribution in [3.05, 3.63) is 36.5 Å². The fourth-order valence-electron chi connectivity index (χ4n) is 2.78. The molecule has 0 amide bonds. The highest BCUT2D eigenvalue weighted by Gasteiger charge is 2.11. The molecule has 0 heterocycles. The molecular formula is C22H42IN. The molecule has 0 fully saturated rings. The molecule has 0 rings (SSSR count). The summed E-state index contributed by atoms with van der Waals surface area (Å²) in [5.41, 5.74) is 0. The second-order valence-electron chi connectivity index (χ2n) is 7.36. The van der Waals surface area contributed by atoms with E-state index in [1.807, 2.05) is 6.92 Å². The van der Waals surface area contributed by atoms with Gasteiger partial charge in [-0.25, -0.2) is 0 Å². The van der Waals surface area contributed by atoms with Gasteiger partial charge in [0.15, 0.2) is 0 Å². The Kier molecular flexibility index (Phi) is 21.0. The van der Waals surface area contributed by atoms with Crippen LogP contribution in [-0.4, -0.2) is 31.7 Å². The molecule has 0 atom stereocenters. The molecule has 0 aliphatic rings. The lowest BCUT2D eigenvalue weighted by Crippen LogP contribution is -3.00. The van der Waals surface area contributed by atoms with Gasteiger partial charge in [-0.3, -0.25) is 0 Å². The maximum absolute atomic E-state index is 2.34. The number of likely N-dealkylation sites (N-methyl/N-ethyl adjacent to an activating group) is 1. The maximum atomic E-state index is 2.34. The Balaban J connectivity index is 0. The fraction of sp³-hybridized carbons (Fsp3) is 0.727. The zero-order valence-electron chi connectivity index (χ0n) is 16.8. The van der Waals surface area contributed by atoms with Crippen molar-refractivity contribution < 1.29 is 28.5 Å². The van der Waals surface area contributed by atoms with Gasteiger partial charge < -0.3 is 28.5 Å². The van der Waals surface area contributed by atoms with Gasteiger partial charge in [-0.05, 0) is 25.8 Å². The highest BCUT2D eigenvalue weighted by atomic mass is 127. The second kappa shape index (κ2) is 19.2. The van der Waals surface area contributed by atoms with Gasteiger partial charge in [0, 0.05) is 0 Å². The molecule has 0 spiro atoms. The Morgan fingerprint density at radius 3 is 1.71 bits per heavy atom. The van der Waals surface area contributed by atoms with E-state index in [1.165, 1.54) is 70.8 Å². The Labute approximate surface area is 169 Å². The van der Waals surface area contributed by atoms with Crippen molar-refractivity contribution >= 4 is 0 Å². The van der Waals surface area contributed by atoms with E-state index in [1.54, 1.807) is 0 Å². The van der Waals surface area contributed by atoms with Crippen molar-refractivity contribution in [1.82, 2.24) is 0 Å². The van der Waals surface area contributed by atoms with Crippen molar-refractivity contribution in [3.63, 3.8) is 0 Å². The molecule has 2 heteroatoms. The van der Waals surface area contributed by atoms with Gasteiger partial charge in [0.1, 0.15) is 0 Å². The summed E-state index contributed by atoms with van der Waals surface area (Å²) in [5.74, 6) is 0. The molecule has 0 aromatic carbocycles. The largest absolute Gasteiger partial charge is 1.00 e. The fourth-order valence-corrected chi connectivity index (χ4v) is 2.78. The van der Waals surface area contributed by atoms with Gasteiger partial charge in [-0.1, -0.05) is 88.7 Å². The number of nitrogens with zero attached hydrogens (tertiary/aromatic N) is 1. The molecule has 142 valence electrons. The van der Waals surface area contributed by atoms with Gasteiger partial charge in [-0.15, -0.1) is 0 Å². The van der Waals surface area contributed by atoms with Crippen molar-refractivity contribution in [2.45, 2.75) is 78.1 Å². The van der Waals surface area contributed by atoms with E-state index < -0.39 is 0 Å². The Morgan fingerprint density at radius 1 is 0.667 bits per heavy atom. The normalized spacial score (nSPS) is 12.5. The lowest BCUT2D eigenvalue weighted by Gasteiger charge is -2.28. The summed E-state index contributed by atoms with van der Waals surface area (Å²) in [7, 11) is 4.68. The molecule has 0 aliphatic heterocycles. The quantitative estimate of drug-likeness (QED) is 0.156. The number of allylic oxidation sites excluding steroid dienone is 5. The predicted molar refractivity (Wildman–Crippen MR) is 107 cm³/mol. The average Bonchev–Trinajstić information content (AvgIpc) is 2.52. The molecule has 24 heavy (non-hydrogen) atoms. The predicted octanol–water partition coefficient (Wildman–Crippen LogP) is 3.68. The molecular weight excluding hydrogens is 405 g/mol. The van der Waals surface area contributed by atoms with Crippen LogP contribution in [-0.2, 0) is 0 Å². The number of hydrogen-bond donors (Lipinski definition) is 0. The number of quaternary nitrogens is 1. The molecule has 0 radical (unpaired) electrons. The van der Waals surface area contributed by atoms with Crippen LogP contribution >= 0.6 is 0 Å². The lowest BCUT2D eigenvalue weighted by atomic mass is 10.1. The van der Waals surface area contributed by atoms with Crippen LogP contribution in [0, 0.1) is 0 Å². The van der Waals surface area contributed by atoms with E-state index in [0.29, 0.717) is 0 Å². The Hall–Kier alpha value is -0.0900. The first-order valence-electron chi connectivity index (χ1n) is 9.89. The molecule has 0 saturated heterocycles. The monoisotopic (exact) mass is 447 g/mol. The van der Waals surface area contributed by atoms with Crippen molar-refractivity contribution in [2.24, 2.45) is 0 Å². The molecule has 0 N–H and O–H groups in total. The lowest BCUT2D eigenvalue weighted by molar-refractivity contribution is -0.884. The van der Waals surface area contributed by atoms with Crippen LogP contribution in [0.2, 0.25) is 0 Å². The summed E-state index contributed by atoms with van der Waals surface area (Å²) in [4.78, 5) is 0. The minimum atomic E-state index is 0. The first-order chi connectivity index (χ1) is 11.1. The first-order valence-corrected chi connectivity index (χ1v) is 9.89. The summed E-state index contributed by atoms with van der Waals surface area (Å²) in [6, 6.07) is 0. The highest BCUT2D eigenvalue weighted by molar-refractivity contribution is 5.10. The van der Waals surface area contributed by atoms with Crippen LogP contribution in [0.1, 0.15) is 78.1 Å². The van der Waals surface area contributed by atoms with Gasteiger partial charge >= 0.3 is 0 Å². The molecule has 0 saturated carbocycles. The summed E-state index contributed by atoms with van der Waals surface area (Å²) in [5, 5.41) is 0. The molecule has 1 nitrogen and oxygen atoms in total. The van der Waals surface area contributed by atoms with Crippen molar-refractivity contribution in [1.29, 1.82) is 0 Å². The van der Waals surface area contributed by atoms with Crippen LogP contribution in [0.4, 0.5) is 0 Å². The van der Waals surface area contributed by atoms with E-state index in [9.17, 15) is 0 Å². The smallest absolute Gasteiger partial charge is 0.0972 e. The molecule has 0 unspecified atom stereocenters. The van der Waals surface area contributed by atoms with Crippen LogP contribution in [0.25, 0.3) is 0 Å². The minimum absolute atomic E-state index is 0. The molecule has 0 aromatic heterocycles. The van der Waals surface area contributed by atoms with E-state index in [4.69, 9.17) is 0 Å². The standard InChI is InChI=1S/C22H42N.HI/c1-5-7-9-11-13-14-15-16-18-20-22-23(3,4)21-19-17-12-10-8-6-2;/h6,8,10,12,17,19H,5,7,9,11,13-16,18,20-22H2,1-4H3;1H/q+1;/p-1/b8-6+,12-10+,19-17+;. The summed E-state index contributed by atoms with van der Waals surface area (Å²) in [6.07, 6.45) is 27.0. The van der Waals surface area contributed by atoms with E-state index in [2.05, 4.69) is 57.5 Å². The van der Waals surface area contributed by atoms with Crippen molar-refractivity contribution in [3.8, 4) is 0 Å². The van der Waals surface area contributed by atoms with Gasteiger partial charge in [0.05, 0.1) is 27.2 Å². The molecule has 0 bridgehead atoms. The molecule has 0 aliphatic carbocycles. The number of unbranched alkanes of at least 4 members (excludes halogenated alkanes) is 9. The topological polar surface area (TPSA) is 0 Å². The van der Waals surface area contributed by atoms with E-state index >= 15 is 0 Å². The summed E-state index contributed by atoms with van der Waals surface area (Å²) >= 11 is 0. The van der Waals surface area contributed by atoms with Crippen LogP contribution in [0.5, 0.6) is 0 Å². The van der Waals surface area contributed by atoms with Gasteiger partial charge in [0.25, 0.3) is 0 Å². The van der Waals surface area contributed by atoms with E-state index in [0.717, 1.165) is 11.0 Å². The number of halogens is 1. The SMILES string of the molecule is C/C=C/C=C/C=C/C[N+](C)(C)CCCCCCCCCCCC.[I-]. The van der Waals surface area contributed by atoms with Gasteiger partial charge in [-0.2, -0.15) is 0 Å². The zero-order chi connectivity index (χ0) is 17.2. The second-order valence-corrected chi connectivity index (χ2v) is 7.36. The van der Waals surface area contributed by atoms with Crippen LogP contribution in [0.3, 0.4) is 0 Å². The summed E-state index contributed by atoms with van der Waals surface area (Å²) < 4.78 is 1.10. The third kappa shape index (κ3) is 20.0. The van der Waals surface area contributed by atoms with Crippen molar-refractivity contribution in [2.75, 3.05) is 27.2 Å². The number of rotatable bonds is 15. The van der Waals surface area contributed by atoms with Gasteiger partial charge in [0.2, 0.25) is 0 Å². The maximum Gasteiger partial charge on any atom is 0.0972 e. The average molecular weight is 447 g/mol. The Morgan fingerprint density at radius 2 is 1.17 bits per heavy atom. The Bertz CT molecular complexity index is 329. The zero-order valence-corrected chi connectivity index (χ0v) is 18.9. The minimum Gasteiger partial charge on any atom is -1.00 e. The third-order valence-electron chi connectivity index (χ3n) is 4.38.